The van der Waals surface area contributed by atoms with E-state index in [-0.39, 0.29) is 0 Å². The van der Waals surface area contributed by atoms with E-state index in [1.807, 2.05) is 4.98 Å². The molecule has 1 unspecified atom stereocenters. The molecule has 0 saturated carbocycles. The van der Waals surface area contributed by atoms with Gasteiger partial charge >= 0.3 is 21.3 Å². The maximum Gasteiger partial charge on any atom is 0.484 e. The second-order valence-corrected chi connectivity index (χ2v) is 10.3. The number of carbonyl (C=O) groups excluding carboxylic acids is 1. The van der Waals surface area contributed by atoms with E-state index < -0.39 is 95.4 Å². The third-order valence-corrected chi connectivity index (χ3v) is 7.34. The topological polar surface area (TPSA) is 285 Å². The summed E-state index contributed by atoms with van der Waals surface area (Å²) >= 11 is 0. The quantitative estimate of drug-likeness (QED) is 0.0831. The van der Waals surface area contributed by atoms with E-state index in [4.69, 9.17) is 19.0 Å². The monoisotopic (exact) mass is 568 g/mol. The van der Waals surface area contributed by atoms with Crippen LogP contribution in [0.3, 0.4) is 0 Å². The molecule has 0 spiro atoms. The van der Waals surface area contributed by atoms with Gasteiger partial charge in [0, 0.05) is 12.3 Å². The summed E-state index contributed by atoms with van der Waals surface area (Å²) < 4.78 is 56.6. The molecule has 21 heteroatoms. The Morgan fingerprint density at radius 3 is 2.36 bits per heavy atom. The molecule has 36 heavy (non-hydrogen) atoms. The first-order chi connectivity index (χ1) is 16.6. The molecule has 1 aromatic rings. The predicted octanol–water partition coefficient (Wildman–Crippen LogP) is -3.97. The molecular formula is C15H23FN2O16P2. The third kappa shape index (κ3) is 7.65. The highest BCUT2D eigenvalue weighted by molar-refractivity contribution is 7.61. The summed E-state index contributed by atoms with van der Waals surface area (Å²) in [5.41, 5.74) is -1.83. The van der Waals surface area contributed by atoms with Gasteiger partial charge in [-0.1, -0.05) is 0 Å². The van der Waals surface area contributed by atoms with Crippen LogP contribution in [0.25, 0.3) is 0 Å². The number of aldehydes is 1. The molecule has 0 aromatic carbocycles. The van der Waals surface area contributed by atoms with E-state index in [1.54, 1.807) is 0 Å². The molecule has 1 fully saturated rings. The van der Waals surface area contributed by atoms with E-state index in [0.717, 1.165) is 12.3 Å². The van der Waals surface area contributed by atoms with E-state index in [9.17, 15) is 53.4 Å². The number of ether oxygens (including phenoxy) is 1. The Kier molecular flexibility index (Phi) is 10.4. The Balaban J connectivity index is 2.22. The average Bonchev–Trinajstić information content (AvgIpc) is 3.07. The fraction of sp³-hybridized carbons (Fsp3) is 0.667. The number of halogens is 1. The minimum Gasteiger partial charge on any atom is -0.394 e. The molecule has 0 bridgehead atoms. The zero-order valence-electron chi connectivity index (χ0n) is 17.8. The summed E-state index contributed by atoms with van der Waals surface area (Å²) in [6.45, 7) is -2.48. The van der Waals surface area contributed by atoms with Gasteiger partial charge in [0.05, 0.1) is 13.2 Å². The minimum atomic E-state index is -5.69. The number of carbonyl (C=O) groups is 1. The maximum atomic E-state index is 13.4. The normalized spacial score (nSPS) is 27.7. The lowest BCUT2D eigenvalue weighted by Crippen LogP contribution is -2.46. The number of nitrogens with zero attached hydrogens (tertiary/aromatic N) is 1. The standard InChI is InChI=1S/C15H23FN2O16P2/c16-6(3-19)10(22)11(23)7(4-20)33-36(30,34-35(27,28)29)31-5-8-12(24)13(25)14(32-8)18-2-1-9(21)17-15(18)26/h1-3,6-8,10-14,20,22-25H,4-5H2,(H,17,21,26)(H2,27,28,29)/t6-,7+,8+,10+,11+,12+,13+,14+,36?/m0/s1. The van der Waals surface area contributed by atoms with Gasteiger partial charge in [0.1, 0.15) is 36.6 Å². The highest BCUT2D eigenvalue weighted by Gasteiger charge is 2.48. The molecule has 2 heterocycles. The zero-order chi connectivity index (χ0) is 27.4. The van der Waals surface area contributed by atoms with Crippen molar-refractivity contribution in [1.29, 1.82) is 0 Å². The van der Waals surface area contributed by atoms with E-state index in [1.165, 1.54) is 0 Å². The second kappa shape index (κ2) is 12.2. The summed E-state index contributed by atoms with van der Waals surface area (Å²) in [7, 11) is -11.2. The molecule has 18 nitrogen and oxygen atoms in total. The summed E-state index contributed by atoms with van der Waals surface area (Å²) in [4.78, 5) is 53.5. The number of phosphoric ester groups is 1. The number of rotatable bonds is 13. The van der Waals surface area contributed by atoms with Crippen LogP contribution in [0.1, 0.15) is 6.23 Å². The number of phosphoric acid groups is 2. The molecule has 0 amide bonds. The molecule has 1 aliphatic rings. The van der Waals surface area contributed by atoms with Crippen molar-refractivity contribution in [3.05, 3.63) is 33.1 Å². The lowest BCUT2D eigenvalue weighted by molar-refractivity contribution is -0.127. The van der Waals surface area contributed by atoms with Gasteiger partial charge in [0.2, 0.25) is 0 Å². The van der Waals surface area contributed by atoms with E-state index >= 15 is 0 Å². The van der Waals surface area contributed by atoms with Gasteiger partial charge in [-0.15, -0.1) is 0 Å². The van der Waals surface area contributed by atoms with Crippen LogP contribution in [-0.2, 0) is 32.0 Å². The number of aliphatic hydroxyl groups is 5. The van der Waals surface area contributed by atoms with Crippen LogP contribution >= 0.6 is 15.6 Å². The average molecular weight is 568 g/mol. The molecular weight excluding hydrogens is 545 g/mol. The molecule has 9 atom stereocenters. The Morgan fingerprint density at radius 1 is 1.19 bits per heavy atom. The number of aliphatic hydroxyl groups excluding tert-OH is 5. The van der Waals surface area contributed by atoms with Gasteiger partial charge in [0.25, 0.3) is 5.56 Å². The highest BCUT2D eigenvalue weighted by Crippen LogP contribution is 2.62. The van der Waals surface area contributed by atoms with Crippen molar-refractivity contribution in [1.82, 2.24) is 9.55 Å². The maximum absolute atomic E-state index is 13.4. The molecule has 1 aliphatic heterocycles. The van der Waals surface area contributed by atoms with Crippen LogP contribution in [0.2, 0.25) is 0 Å². The largest absolute Gasteiger partial charge is 0.484 e. The molecule has 206 valence electrons. The molecule has 1 saturated heterocycles. The number of hydrogen-bond acceptors (Lipinski definition) is 14. The minimum absolute atomic E-state index is 0.418. The van der Waals surface area contributed by atoms with Gasteiger partial charge in [-0.2, -0.15) is 4.31 Å². The van der Waals surface area contributed by atoms with Crippen molar-refractivity contribution in [3.63, 3.8) is 0 Å². The SMILES string of the molecule is O=C[C@H](F)[C@@H](O)[C@H](O)[C@@H](CO)OP(=O)(OC[C@H]1O[C@@H](n2ccc(=O)[nH]c2=O)[C@H](O)[C@@H]1O)OP(=O)(O)O. The van der Waals surface area contributed by atoms with Gasteiger partial charge in [-0.3, -0.25) is 23.4 Å². The summed E-state index contributed by atoms with van der Waals surface area (Å²) in [5, 5.41) is 49.2. The molecule has 0 radical (unpaired) electrons. The van der Waals surface area contributed by atoms with Crippen LogP contribution < -0.4 is 11.2 Å². The highest BCUT2D eigenvalue weighted by atomic mass is 31.3. The number of aromatic nitrogens is 2. The van der Waals surface area contributed by atoms with Crippen molar-refractivity contribution in [3.8, 4) is 0 Å². The second-order valence-electron chi connectivity index (χ2n) is 7.27. The van der Waals surface area contributed by atoms with Crippen molar-refractivity contribution in [2.45, 2.75) is 49.0 Å². The Morgan fingerprint density at radius 2 is 1.83 bits per heavy atom. The first-order valence-corrected chi connectivity index (χ1v) is 12.7. The molecule has 0 aliphatic carbocycles. The number of aromatic amines is 1. The molecule has 1 aromatic heterocycles. The Hall–Kier alpha value is -1.70. The Labute approximate surface area is 199 Å². The number of hydrogen-bond donors (Lipinski definition) is 8. The van der Waals surface area contributed by atoms with Crippen LogP contribution in [-0.4, -0.2) is 107 Å². The van der Waals surface area contributed by atoms with Gasteiger partial charge in [-0.25, -0.2) is 18.3 Å². The number of alkyl halides is 1. The fourth-order valence-electron chi connectivity index (χ4n) is 2.95. The van der Waals surface area contributed by atoms with Crippen molar-refractivity contribution in [2.24, 2.45) is 0 Å². The Bertz CT molecular complexity index is 1110. The van der Waals surface area contributed by atoms with Crippen molar-refractivity contribution < 1.29 is 71.7 Å². The van der Waals surface area contributed by atoms with Gasteiger partial charge in [0.15, 0.2) is 18.7 Å². The fourth-order valence-corrected chi connectivity index (χ4v) is 5.25. The summed E-state index contributed by atoms with van der Waals surface area (Å²) in [5.74, 6) is 0. The smallest absolute Gasteiger partial charge is 0.394 e. The van der Waals surface area contributed by atoms with Crippen LogP contribution in [0, 0.1) is 0 Å². The van der Waals surface area contributed by atoms with Gasteiger partial charge < -0.3 is 44.9 Å². The number of H-pyrrole nitrogens is 1. The third-order valence-electron chi connectivity index (χ3n) is 4.70. The van der Waals surface area contributed by atoms with Crippen LogP contribution in [0.4, 0.5) is 4.39 Å². The zero-order valence-corrected chi connectivity index (χ0v) is 19.6. The van der Waals surface area contributed by atoms with Crippen molar-refractivity contribution >= 4 is 21.9 Å². The summed E-state index contributed by atoms with van der Waals surface area (Å²) in [6, 6.07) is 0.894. The van der Waals surface area contributed by atoms with Gasteiger partial charge in [-0.05, 0) is 0 Å². The van der Waals surface area contributed by atoms with E-state index in [2.05, 4.69) is 8.83 Å². The van der Waals surface area contributed by atoms with Crippen LogP contribution in [0.5, 0.6) is 0 Å². The lowest BCUT2D eigenvalue weighted by Gasteiger charge is -2.29. The van der Waals surface area contributed by atoms with Crippen molar-refractivity contribution in [2.75, 3.05) is 13.2 Å². The summed E-state index contributed by atoms with van der Waals surface area (Å²) in [6.07, 6.45) is -16.5. The molecule has 2 rings (SSSR count). The number of nitrogens with one attached hydrogen (secondary N) is 1. The lowest BCUT2D eigenvalue weighted by atomic mass is 10.1. The predicted molar refractivity (Wildman–Crippen MR) is 109 cm³/mol. The van der Waals surface area contributed by atoms with Crippen LogP contribution in [0.15, 0.2) is 21.9 Å². The first-order valence-electron chi connectivity index (χ1n) is 9.71. The van der Waals surface area contributed by atoms with E-state index in [0.29, 0.717) is 4.57 Å². The molecule has 8 N–H and O–H groups in total. The first kappa shape index (κ1) is 30.5.